The maximum absolute atomic E-state index is 12.3. The normalized spacial score (nSPS) is 11.4. The van der Waals surface area contributed by atoms with Crippen LogP contribution in [-0.2, 0) is 17.9 Å². The minimum Gasteiger partial charge on any atom is -0.346 e. The van der Waals surface area contributed by atoms with Crippen molar-refractivity contribution in [3.05, 3.63) is 47.9 Å². The molecular weight excluding hydrogens is 326 g/mol. The molecule has 0 radical (unpaired) electrons. The van der Waals surface area contributed by atoms with E-state index in [0.29, 0.717) is 13.0 Å². The number of likely N-dealkylation sites (N-methyl/N-ethyl adjacent to an activating group) is 1. The first kappa shape index (κ1) is 18.2. The van der Waals surface area contributed by atoms with Crippen LogP contribution in [0, 0.1) is 13.8 Å². The predicted molar refractivity (Wildman–Crippen MR) is 105 cm³/mol. The molecule has 0 saturated carbocycles. The number of aromatic nitrogens is 3. The van der Waals surface area contributed by atoms with Crippen LogP contribution in [0.25, 0.3) is 10.9 Å². The van der Waals surface area contributed by atoms with Crippen molar-refractivity contribution in [3.63, 3.8) is 0 Å². The molecular formula is C20H27N5O. The molecule has 3 aromatic rings. The zero-order valence-corrected chi connectivity index (χ0v) is 16.0. The van der Waals surface area contributed by atoms with Gasteiger partial charge in [0.15, 0.2) is 0 Å². The summed E-state index contributed by atoms with van der Waals surface area (Å²) in [5.41, 5.74) is 4.08. The summed E-state index contributed by atoms with van der Waals surface area (Å²) in [5.74, 6) is 0.00365. The molecule has 0 fully saturated rings. The summed E-state index contributed by atoms with van der Waals surface area (Å²) in [6.07, 6.45) is 2.51. The fourth-order valence-corrected chi connectivity index (χ4v) is 3.11. The third kappa shape index (κ3) is 4.32. The molecule has 0 aliphatic carbocycles. The summed E-state index contributed by atoms with van der Waals surface area (Å²) in [6, 6.07) is 10.2. The van der Waals surface area contributed by atoms with E-state index in [9.17, 15) is 4.79 Å². The summed E-state index contributed by atoms with van der Waals surface area (Å²) in [4.78, 5) is 14.4. The molecule has 1 N–H and O–H groups in total. The molecule has 0 bridgehead atoms. The van der Waals surface area contributed by atoms with E-state index in [1.165, 1.54) is 5.52 Å². The number of hydrogen-bond donors (Lipinski definition) is 1. The molecule has 6 heteroatoms. The van der Waals surface area contributed by atoms with E-state index in [2.05, 4.69) is 52.3 Å². The first-order valence-corrected chi connectivity index (χ1v) is 8.97. The van der Waals surface area contributed by atoms with Crippen molar-refractivity contribution >= 4 is 22.5 Å². The number of nitrogens with zero attached hydrogens (tertiary/aromatic N) is 4. The van der Waals surface area contributed by atoms with Crippen molar-refractivity contribution in [1.82, 2.24) is 19.2 Å². The number of anilines is 1. The fraction of sp³-hybridized carbons (Fsp3) is 0.400. The van der Waals surface area contributed by atoms with Crippen LogP contribution in [0.2, 0.25) is 0 Å². The summed E-state index contributed by atoms with van der Waals surface area (Å²) >= 11 is 0. The van der Waals surface area contributed by atoms with Gasteiger partial charge >= 0.3 is 0 Å². The summed E-state index contributed by atoms with van der Waals surface area (Å²) in [6.45, 7) is 6.50. The molecule has 26 heavy (non-hydrogen) atoms. The Kier molecular flexibility index (Phi) is 5.42. The molecule has 0 spiro atoms. The van der Waals surface area contributed by atoms with Crippen LogP contribution in [-0.4, -0.2) is 45.8 Å². The third-order valence-corrected chi connectivity index (χ3v) is 4.50. The minimum atomic E-state index is 0.00365. The van der Waals surface area contributed by atoms with Gasteiger partial charge in [0.1, 0.15) is 0 Å². The Morgan fingerprint density at radius 2 is 1.96 bits per heavy atom. The van der Waals surface area contributed by atoms with E-state index in [-0.39, 0.29) is 5.91 Å². The molecule has 3 rings (SSSR count). The van der Waals surface area contributed by atoms with Gasteiger partial charge in [0.05, 0.1) is 5.69 Å². The zero-order valence-electron chi connectivity index (χ0n) is 16.0. The second kappa shape index (κ2) is 7.74. The average molecular weight is 353 g/mol. The number of hydrogen-bond acceptors (Lipinski definition) is 3. The molecule has 1 amide bonds. The number of amides is 1. The topological polar surface area (TPSA) is 55.1 Å². The lowest BCUT2D eigenvalue weighted by Gasteiger charge is -2.11. The number of aryl methyl sites for hydroxylation is 3. The van der Waals surface area contributed by atoms with Crippen molar-refractivity contribution in [1.29, 1.82) is 0 Å². The molecule has 2 aromatic heterocycles. The molecule has 0 unspecified atom stereocenters. The lowest BCUT2D eigenvalue weighted by molar-refractivity contribution is -0.116. The summed E-state index contributed by atoms with van der Waals surface area (Å²) in [7, 11) is 4.15. The Bertz CT molecular complexity index is 906. The van der Waals surface area contributed by atoms with Crippen LogP contribution < -0.4 is 5.32 Å². The van der Waals surface area contributed by atoms with Gasteiger partial charge in [-0.2, -0.15) is 5.10 Å². The predicted octanol–water partition coefficient (Wildman–Crippen LogP) is 3.05. The van der Waals surface area contributed by atoms with Gasteiger partial charge in [0, 0.05) is 54.5 Å². The van der Waals surface area contributed by atoms with Crippen LogP contribution in [0.1, 0.15) is 17.8 Å². The van der Waals surface area contributed by atoms with Gasteiger partial charge in [0.25, 0.3) is 0 Å². The van der Waals surface area contributed by atoms with Crippen molar-refractivity contribution in [2.24, 2.45) is 0 Å². The number of carbonyl (C=O) groups is 1. The van der Waals surface area contributed by atoms with Crippen LogP contribution in [0.3, 0.4) is 0 Å². The number of carbonyl (C=O) groups excluding carboxylic acids is 1. The molecule has 0 saturated heterocycles. The fourth-order valence-electron chi connectivity index (χ4n) is 3.11. The van der Waals surface area contributed by atoms with Gasteiger partial charge in [-0.1, -0.05) is 0 Å². The van der Waals surface area contributed by atoms with Crippen molar-refractivity contribution in [2.75, 3.05) is 26.0 Å². The van der Waals surface area contributed by atoms with Crippen LogP contribution in [0.15, 0.2) is 36.5 Å². The Labute approximate surface area is 154 Å². The number of rotatable bonds is 7. The van der Waals surface area contributed by atoms with Gasteiger partial charge in [-0.25, -0.2) is 0 Å². The van der Waals surface area contributed by atoms with Gasteiger partial charge < -0.3 is 14.8 Å². The van der Waals surface area contributed by atoms with E-state index in [1.54, 1.807) is 0 Å². The lowest BCUT2D eigenvalue weighted by atomic mass is 10.2. The van der Waals surface area contributed by atoms with Crippen LogP contribution in [0.4, 0.5) is 5.69 Å². The molecule has 0 atom stereocenters. The second-order valence-electron chi connectivity index (χ2n) is 7.03. The van der Waals surface area contributed by atoms with Crippen LogP contribution in [0.5, 0.6) is 0 Å². The largest absolute Gasteiger partial charge is 0.346 e. The standard InChI is InChI=1S/C20H27N5O/c1-15-13-16(2)25(22-15)10-8-20(26)21-18-5-6-19-17(14-18)7-9-24(19)12-11-23(3)4/h5-7,9,13-14H,8,10-12H2,1-4H3,(H,21,26). The highest BCUT2D eigenvalue weighted by Crippen LogP contribution is 2.21. The molecule has 1 aromatic carbocycles. The SMILES string of the molecule is Cc1cc(C)n(CCC(=O)Nc2ccc3c(ccn3CCN(C)C)c2)n1. The van der Waals surface area contributed by atoms with Crippen LogP contribution >= 0.6 is 0 Å². The Hall–Kier alpha value is -2.60. The van der Waals surface area contributed by atoms with Gasteiger partial charge in [-0.3, -0.25) is 9.48 Å². The third-order valence-electron chi connectivity index (χ3n) is 4.50. The number of fused-ring (bicyclic) bond motifs is 1. The van der Waals surface area contributed by atoms with Crippen molar-refractivity contribution < 1.29 is 4.79 Å². The zero-order chi connectivity index (χ0) is 18.7. The molecule has 6 nitrogen and oxygen atoms in total. The monoisotopic (exact) mass is 353 g/mol. The van der Waals surface area contributed by atoms with E-state index in [4.69, 9.17) is 0 Å². The van der Waals surface area contributed by atoms with Gasteiger partial charge in [-0.05, 0) is 58.3 Å². The van der Waals surface area contributed by atoms with E-state index in [1.807, 2.05) is 36.7 Å². The van der Waals surface area contributed by atoms with E-state index < -0.39 is 0 Å². The highest BCUT2D eigenvalue weighted by atomic mass is 16.1. The summed E-state index contributed by atoms with van der Waals surface area (Å²) in [5, 5.41) is 8.52. The molecule has 2 heterocycles. The average Bonchev–Trinajstić information content (AvgIpc) is 3.13. The highest BCUT2D eigenvalue weighted by Gasteiger charge is 2.08. The van der Waals surface area contributed by atoms with Gasteiger partial charge in [0.2, 0.25) is 5.91 Å². The number of benzene rings is 1. The van der Waals surface area contributed by atoms with Crippen molar-refractivity contribution in [2.45, 2.75) is 33.4 Å². The van der Waals surface area contributed by atoms with E-state index in [0.717, 1.165) is 35.6 Å². The second-order valence-corrected chi connectivity index (χ2v) is 7.03. The number of nitrogens with one attached hydrogen (secondary N) is 1. The minimum absolute atomic E-state index is 0.00365. The Balaban J connectivity index is 1.61. The maximum atomic E-state index is 12.3. The molecule has 138 valence electrons. The molecule has 0 aliphatic rings. The smallest absolute Gasteiger partial charge is 0.226 e. The highest BCUT2D eigenvalue weighted by molar-refractivity contribution is 5.93. The summed E-state index contributed by atoms with van der Waals surface area (Å²) < 4.78 is 4.12. The molecule has 0 aliphatic heterocycles. The van der Waals surface area contributed by atoms with Crippen molar-refractivity contribution in [3.8, 4) is 0 Å². The lowest BCUT2D eigenvalue weighted by Crippen LogP contribution is -2.18. The Morgan fingerprint density at radius 3 is 2.65 bits per heavy atom. The van der Waals surface area contributed by atoms with E-state index >= 15 is 0 Å². The van der Waals surface area contributed by atoms with Gasteiger partial charge in [-0.15, -0.1) is 0 Å². The first-order chi connectivity index (χ1) is 12.4. The first-order valence-electron chi connectivity index (χ1n) is 8.97. The maximum Gasteiger partial charge on any atom is 0.226 e. The quantitative estimate of drug-likeness (QED) is 0.710. The Morgan fingerprint density at radius 1 is 1.15 bits per heavy atom.